The van der Waals surface area contributed by atoms with Crippen molar-refractivity contribution in [3.8, 4) is 0 Å². The van der Waals surface area contributed by atoms with Gasteiger partial charge in [0.25, 0.3) is 0 Å². The summed E-state index contributed by atoms with van der Waals surface area (Å²) >= 11 is 0. The Labute approximate surface area is 332 Å². The molecule has 0 unspecified atom stereocenters. The number of carbonyl (C=O) groups is 4. The van der Waals surface area contributed by atoms with E-state index in [4.69, 9.17) is 10.2 Å². The summed E-state index contributed by atoms with van der Waals surface area (Å²) in [5.74, 6) is -3.72. The molecule has 0 rings (SSSR count). The molecule has 0 spiro atoms. The molecule has 305 valence electrons. The molecule has 2 N–H and O–H groups in total. The summed E-state index contributed by atoms with van der Waals surface area (Å²) in [5, 5.41) is 36.2. The molecule has 0 aliphatic rings. The minimum atomic E-state index is -0.935. The number of unbranched alkanes of at least 4 members (excludes halogenated alkanes) is 10. The van der Waals surface area contributed by atoms with Crippen LogP contribution in [0.1, 0.15) is 156 Å². The van der Waals surface area contributed by atoms with Crippen molar-refractivity contribution in [3.63, 3.8) is 0 Å². The number of carbonyl (C=O) groups excluding carboxylic acids is 2. The van der Waals surface area contributed by atoms with E-state index >= 15 is 0 Å². The topological polar surface area (TPSA) is 155 Å². The van der Waals surface area contributed by atoms with Gasteiger partial charge in [-0.25, -0.2) is 9.59 Å². The molecule has 0 aromatic carbocycles. The van der Waals surface area contributed by atoms with Crippen molar-refractivity contribution in [1.29, 1.82) is 0 Å². The van der Waals surface area contributed by atoms with Gasteiger partial charge in [0.2, 0.25) is 0 Å². The molecule has 0 aromatic heterocycles. The number of hydrogen-bond acceptors (Lipinski definition) is 6. The van der Waals surface area contributed by atoms with Crippen LogP contribution in [0.4, 0.5) is 0 Å². The zero-order valence-corrected chi connectivity index (χ0v) is 34.1. The third kappa shape index (κ3) is 70.6. The molecular weight excluding hydrogens is 720 g/mol. The smallest absolute Gasteiger partial charge is 0.550 e. The monoisotopic (exact) mass is 789 g/mol. The average molecular weight is 791 g/mol. The van der Waals surface area contributed by atoms with Crippen LogP contribution in [-0.2, 0) is 36.2 Å². The van der Waals surface area contributed by atoms with Gasteiger partial charge in [-0.2, -0.15) is 0 Å². The first-order valence-electron chi connectivity index (χ1n) is 18.9. The Hall–Kier alpha value is -3.68. The maximum atomic E-state index is 10.2. The van der Waals surface area contributed by atoms with E-state index in [1.54, 1.807) is 0 Å². The zero-order chi connectivity index (χ0) is 40.1. The molecule has 0 aliphatic carbocycles. The second-order valence-electron chi connectivity index (χ2n) is 12.1. The minimum Gasteiger partial charge on any atom is -0.550 e. The van der Waals surface area contributed by atoms with E-state index in [-0.39, 0.29) is 41.1 Å². The normalized spacial score (nSPS) is 10.8. The zero-order valence-electron chi connectivity index (χ0n) is 33.1. The molecule has 0 heterocycles. The third-order valence-corrected chi connectivity index (χ3v) is 6.79. The van der Waals surface area contributed by atoms with Gasteiger partial charge >= 0.3 is 29.0 Å². The number of rotatable bonds is 28. The van der Waals surface area contributed by atoms with Crippen LogP contribution in [0.15, 0.2) is 97.2 Å². The summed E-state index contributed by atoms with van der Waals surface area (Å²) in [7, 11) is 0. The van der Waals surface area contributed by atoms with Crippen molar-refractivity contribution < 1.29 is 56.7 Å². The fourth-order valence-corrected chi connectivity index (χ4v) is 3.78. The maximum Gasteiger partial charge on any atom is 2.00 e. The van der Waals surface area contributed by atoms with Gasteiger partial charge in [0.05, 0.1) is 0 Å². The number of carboxylic acid groups (broad SMARTS) is 4. The van der Waals surface area contributed by atoms with Crippen LogP contribution in [-0.4, -0.2) is 34.1 Å². The van der Waals surface area contributed by atoms with Crippen LogP contribution in [0.25, 0.3) is 0 Å². The predicted molar refractivity (Wildman–Crippen MR) is 213 cm³/mol. The summed E-state index contributed by atoms with van der Waals surface area (Å²) in [4.78, 5) is 39.6. The van der Waals surface area contributed by atoms with Crippen LogP contribution in [0.3, 0.4) is 0 Å². The predicted octanol–water partition coefficient (Wildman–Crippen LogP) is 9.94. The first-order chi connectivity index (χ1) is 24.8. The summed E-state index contributed by atoms with van der Waals surface area (Å²) in [6.45, 7) is 13.5. The van der Waals surface area contributed by atoms with Crippen molar-refractivity contribution in [2.24, 2.45) is 0 Å². The van der Waals surface area contributed by atoms with Gasteiger partial charge in [-0.1, -0.05) is 138 Å². The van der Waals surface area contributed by atoms with E-state index in [9.17, 15) is 29.4 Å². The van der Waals surface area contributed by atoms with Gasteiger partial charge in [-0.05, 0) is 104 Å². The van der Waals surface area contributed by atoms with Crippen molar-refractivity contribution in [1.82, 2.24) is 0 Å². The Morgan fingerprint density at radius 2 is 0.679 bits per heavy atom. The fraction of sp³-hybridized carbons (Fsp3) is 0.545. The molecule has 9 heteroatoms. The first-order valence-corrected chi connectivity index (χ1v) is 18.9. The van der Waals surface area contributed by atoms with Crippen molar-refractivity contribution in [2.45, 2.75) is 156 Å². The van der Waals surface area contributed by atoms with Gasteiger partial charge in [0.15, 0.2) is 0 Å². The Balaban J connectivity index is -0.000000218. The van der Waals surface area contributed by atoms with Crippen LogP contribution in [0.5, 0.6) is 0 Å². The molecule has 0 fully saturated rings. The van der Waals surface area contributed by atoms with Gasteiger partial charge in [-0.3, -0.25) is 0 Å². The standard InChI is InChI=1S/2C18H30O2.2C4H6O2.Cu/c2*1-2-3-4-5-6-7-8-9-10-11-12-13-14-15-16-17-18(19)20;2*1-3(2)4(5)6;/h2*3-4,6-7,9-10H,2,5,8,11-17H2,1H3,(H,19,20);2*1H2,2H3,(H,5,6);/q;;;;+2/p-2/b2*4-3-,7-6-,10-9-;;;. The van der Waals surface area contributed by atoms with E-state index < -0.39 is 23.9 Å². The largest absolute Gasteiger partial charge is 2.00 e. The molecule has 0 bridgehead atoms. The summed E-state index contributed by atoms with van der Waals surface area (Å²) in [6, 6.07) is 0. The third-order valence-electron chi connectivity index (χ3n) is 6.79. The second-order valence-corrected chi connectivity index (χ2v) is 12.1. The molecule has 0 aromatic rings. The number of aliphatic carboxylic acids is 4. The van der Waals surface area contributed by atoms with Crippen LogP contribution in [0, 0.1) is 0 Å². The van der Waals surface area contributed by atoms with Gasteiger partial charge in [-0.15, -0.1) is 0 Å². The van der Waals surface area contributed by atoms with E-state index in [0.29, 0.717) is 0 Å². The number of hydrogen-bond donors (Lipinski definition) is 2. The van der Waals surface area contributed by atoms with E-state index in [2.05, 4.69) is 99.9 Å². The molecule has 1 radical (unpaired) electrons. The minimum absolute atomic E-state index is 0. The Morgan fingerprint density at radius 3 is 0.925 bits per heavy atom. The average Bonchev–Trinajstić information content (AvgIpc) is 3.08. The van der Waals surface area contributed by atoms with Crippen LogP contribution >= 0.6 is 0 Å². The maximum absolute atomic E-state index is 10.2. The van der Waals surface area contributed by atoms with E-state index in [1.165, 1.54) is 39.5 Å². The number of allylic oxidation sites excluding steroid dienone is 12. The SMILES string of the molecule is C=C(C)C(=O)O.C=C(C)C(=O)O.CC/C=C\C/C=C\C/C=C\CCCCCCCC(=O)[O-].CC/C=C\C/C=C\C/C=C\CCCCCCCC(=O)[O-].[Cu+2]. The summed E-state index contributed by atoms with van der Waals surface area (Å²) in [6.07, 6.45) is 46.1. The number of carboxylic acids is 4. The van der Waals surface area contributed by atoms with Gasteiger partial charge in [0.1, 0.15) is 0 Å². The molecule has 8 nitrogen and oxygen atoms in total. The summed E-state index contributed by atoms with van der Waals surface area (Å²) in [5.41, 5.74) is 0.352. The fourth-order valence-electron chi connectivity index (χ4n) is 3.78. The quantitative estimate of drug-likeness (QED) is 0.0344. The Bertz CT molecular complexity index is 987. The van der Waals surface area contributed by atoms with E-state index in [0.717, 1.165) is 89.9 Å². The molecule has 0 atom stereocenters. The summed E-state index contributed by atoms with van der Waals surface area (Å²) < 4.78 is 0. The van der Waals surface area contributed by atoms with Crippen molar-refractivity contribution in [2.75, 3.05) is 0 Å². The molecule has 53 heavy (non-hydrogen) atoms. The van der Waals surface area contributed by atoms with Gasteiger partial charge in [0, 0.05) is 23.1 Å². The Kier molecular flexibility index (Phi) is 55.8. The Morgan fingerprint density at radius 1 is 0.453 bits per heavy atom. The van der Waals surface area contributed by atoms with Crippen LogP contribution < -0.4 is 10.2 Å². The van der Waals surface area contributed by atoms with Crippen molar-refractivity contribution >= 4 is 23.9 Å². The first kappa shape index (κ1) is 58.6. The molecular formula is C44H70CuO8. The molecule has 0 saturated carbocycles. The van der Waals surface area contributed by atoms with Crippen LogP contribution in [0.2, 0.25) is 0 Å². The molecule has 0 saturated heterocycles. The molecule has 0 aliphatic heterocycles. The molecule has 0 amide bonds. The second kappa shape index (κ2) is 50.4. The van der Waals surface area contributed by atoms with Crippen molar-refractivity contribution in [3.05, 3.63) is 97.2 Å². The van der Waals surface area contributed by atoms with E-state index in [1.807, 2.05) is 0 Å². The van der Waals surface area contributed by atoms with Gasteiger partial charge < -0.3 is 30.0 Å².